The molecular weight excluding hydrogens is 255 g/mol. The zero-order chi connectivity index (χ0) is 9.23. The summed E-state index contributed by atoms with van der Waals surface area (Å²) < 4.78 is 5.33. The van der Waals surface area contributed by atoms with Crippen molar-refractivity contribution in [2.24, 2.45) is 5.92 Å². The van der Waals surface area contributed by atoms with E-state index in [9.17, 15) is 0 Å². The van der Waals surface area contributed by atoms with Crippen molar-refractivity contribution in [3.8, 4) is 0 Å². The quantitative estimate of drug-likeness (QED) is 0.620. The van der Waals surface area contributed by atoms with Crippen LogP contribution in [0.5, 0.6) is 0 Å². The Morgan fingerprint density at radius 1 is 1.08 bits per heavy atom. The predicted molar refractivity (Wildman–Crippen MR) is 55.6 cm³/mol. The summed E-state index contributed by atoms with van der Waals surface area (Å²) in [6, 6.07) is 0. The van der Waals surface area contributed by atoms with E-state index in [1.54, 1.807) is 0 Å². The Kier molecular flexibility index (Phi) is 10.5. The van der Waals surface area contributed by atoms with Crippen LogP contribution in [-0.2, 0) is 3.07 Å². The monoisotopic (exact) mass is 278 g/mol. The van der Waals surface area contributed by atoms with Crippen LogP contribution in [0.2, 0.25) is 0 Å². The first-order valence-electron chi connectivity index (χ1n) is 5.16. The van der Waals surface area contributed by atoms with Crippen molar-refractivity contribution in [1.82, 2.24) is 0 Å². The molecule has 1 nitrogen and oxygen atoms in total. The molecule has 72 valence electrons. The van der Waals surface area contributed by atoms with Crippen molar-refractivity contribution in [3.05, 3.63) is 0 Å². The zero-order valence-corrected chi connectivity index (χ0v) is 11.8. The molecule has 0 saturated carbocycles. The van der Waals surface area contributed by atoms with Gasteiger partial charge in [-0.3, -0.25) is 0 Å². The van der Waals surface area contributed by atoms with Gasteiger partial charge < -0.3 is 0 Å². The molecule has 2 heteroatoms. The van der Waals surface area contributed by atoms with Crippen LogP contribution in [0.1, 0.15) is 52.4 Å². The van der Waals surface area contributed by atoms with Crippen molar-refractivity contribution >= 4 is 22.9 Å². The van der Waals surface area contributed by atoms with Crippen LogP contribution in [0.4, 0.5) is 0 Å². The van der Waals surface area contributed by atoms with Gasteiger partial charge in [0.05, 0.1) is 0 Å². The molecule has 0 N–H and O–H groups in total. The molecular formula is C10H22OSn. The Hall–Kier alpha value is 0.759. The van der Waals surface area contributed by atoms with E-state index in [-0.39, 0.29) is 0 Å². The summed E-state index contributed by atoms with van der Waals surface area (Å²) in [5.74, 6) is 0.847. The molecule has 2 radical (unpaired) electrons. The van der Waals surface area contributed by atoms with Crippen LogP contribution in [0.25, 0.3) is 0 Å². The fourth-order valence-electron chi connectivity index (χ4n) is 1.43. The molecule has 12 heavy (non-hydrogen) atoms. The average molecular weight is 277 g/mol. The number of unbranched alkanes of at least 4 members (excludes halogenated alkanes) is 2. The SMILES string of the molecule is CCCCC(CCCC)C[O][SnH]. The third-order valence-electron chi connectivity index (χ3n) is 2.26. The van der Waals surface area contributed by atoms with Crippen LogP contribution < -0.4 is 0 Å². The van der Waals surface area contributed by atoms with Gasteiger partial charge in [0.1, 0.15) is 0 Å². The maximum atomic E-state index is 5.33. The van der Waals surface area contributed by atoms with E-state index in [4.69, 9.17) is 3.07 Å². The van der Waals surface area contributed by atoms with Crippen molar-refractivity contribution in [1.29, 1.82) is 0 Å². The minimum absolute atomic E-state index is 0.847. The first-order chi connectivity index (χ1) is 5.85. The molecule has 0 aromatic carbocycles. The molecule has 0 heterocycles. The van der Waals surface area contributed by atoms with Crippen LogP contribution >= 0.6 is 0 Å². The second-order valence-corrected chi connectivity index (χ2v) is 4.44. The van der Waals surface area contributed by atoms with E-state index in [1.807, 2.05) is 0 Å². The summed E-state index contributed by atoms with van der Waals surface area (Å²) in [5, 5.41) is 0. The Balaban J connectivity index is 3.40. The van der Waals surface area contributed by atoms with E-state index in [0.29, 0.717) is 0 Å². The Morgan fingerprint density at radius 3 is 1.92 bits per heavy atom. The average Bonchev–Trinajstić information content (AvgIpc) is 2.10. The molecule has 0 amide bonds. The molecule has 0 unspecified atom stereocenters. The van der Waals surface area contributed by atoms with Gasteiger partial charge in [0.2, 0.25) is 0 Å². The normalized spacial score (nSPS) is 11.0. The van der Waals surface area contributed by atoms with Gasteiger partial charge in [-0.15, -0.1) is 0 Å². The molecule has 0 saturated heterocycles. The molecule has 0 fully saturated rings. The van der Waals surface area contributed by atoms with Crippen LogP contribution in [0, 0.1) is 5.92 Å². The molecule has 0 aliphatic heterocycles. The molecule has 0 aromatic rings. The molecule has 0 spiro atoms. The number of rotatable bonds is 8. The fourth-order valence-corrected chi connectivity index (χ4v) is 2.21. The minimum atomic E-state index is 0.847. The van der Waals surface area contributed by atoms with Crippen molar-refractivity contribution in [2.45, 2.75) is 52.4 Å². The molecule has 0 bridgehead atoms. The molecule has 0 atom stereocenters. The Bertz CT molecular complexity index is 77.9. The van der Waals surface area contributed by atoms with Crippen molar-refractivity contribution in [2.75, 3.05) is 6.61 Å². The third-order valence-corrected chi connectivity index (χ3v) is 2.81. The topological polar surface area (TPSA) is 9.23 Å². The molecule has 0 aromatic heterocycles. The number of hydrogen-bond acceptors (Lipinski definition) is 1. The van der Waals surface area contributed by atoms with Crippen LogP contribution in [-0.4, -0.2) is 29.5 Å². The standard InChI is InChI=1S/C10H21O.Sn.H/c1-3-5-7-10(9-11)8-6-4-2;;/h10H,3-9H2,1-2H3;;/q-1;+1;. The van der Waals surface area contributed by atoms with E-state index >= 15 is 0 Å². The Labute approximate surface area is 90.9 Å². The van der Waals surface area contributed by atoms with Gasteiger partial charge in [-0.2, -0.15) is 0 Å². The van der Waals surface area contributed by atoms with E-state index in [0.717, 1.165) is 35.5 Å². The first-order valence-corrected chi connectivity index (χ1v) is 6.51. The second-order valence-electron chi connectivity index (χ2n) is 3.48. The maximum absolute atomic E-state index is 5.33. The van der Waals surface area contributed by atoms with E-state index < -0.39 is 0 Å². The molecule has 0 aliphatic rings. The summed E-state index contributed by atoms with van der Waals surface area (Å²) in [7, 11) is 0. The zero-order valence-electron chi connectivity index (χ0n) is 8.51. The van der Waals surface area contributed by atoms with Crippen LogP contribution in [0.3, 0.4) is 0 Å². The van der Waals surface area contributed by atoms with Gasteiger partial charge in [-0.25, -0.2) is 0 Å². The summed E-state index contributed by atoms with van der Waals surface area (Å²) in [4.78, 5) is 0. The van der Waals surface area contributed by atoms with Crippen molar-refractivity contribution in [3.63, 3.8) is 0 Å². The van der Waals surface area contributed by atoms with Gasteiger partial charge in [-0.1, -0.05) is 0 Å². The summed E-state index contributed by atoms with van der Waals surface area (Å²) in [6.45, 7) is 5.54. The van der Waals surface area contributed by atoms with Crippen LogP contribution in [0.15, 0.2) is 0 Å². The summed E-state index contributed by atoms with van der Waals surface area (Å²) >= 11 is 0.962. The van der Waals surface area contributed by atoms with Gasteiger partial charge in [0.15, 0.2) is 0 Å². The van der Waals surface area contributed by atoms with Gasteiger partial charge >= 0.3 is 90.9 Å². The third kappa shape index (κ3) is 7.41. The fraction of sp³-hybridized carbons (Fsp3) is 1.00. The predicted octanol–water partition coefficient (Wildman–Crippen LogP) is 2.82. The van der Waals surface area contributed by atoms with Gasteiger partial charge in [0.25, 0.3) is 0 Å². The van der Waals surface area contributed by atoms with Gasteiger partial charge in [-0.05, 0) is 0 Å². The van der Waals surface area contributed by atoms with E-state index in [2.05, 4.69) is 13.8 Å². The molecule has 0 rings (SSSR count). The van der Waals surface area contributed by atoms with Crippen molar-refractivity contribution < 1.29 is 3.07 Å². The summed E-state index contributed by atoms with van der Waals surface area (Å²) in [5.41, 5.74) is 0. The first kappa shape index (κ1) is 12.8. The van der Waals surface area contributed by atoms with E-state index in [1.165, 1.54) is 38.5 Å². The van der Waals surface area contributed by atoms with Gasteiger partial charge in [0, 0.05) is 0 Å². The Morgan fingerprint density at radius 2 is 1.58 bits per heavy atom. The molecule has 0 aliphatic carbocycles. The number of hydrogen-bond donors (Lipinski definition) is 0. The summed E-state index contributed by atoms with van der Waals surface area (Å²) in [6.07, 6.45) is 8.14. The second kappa shape index (κ2) is 9.84.